The van der Waals surface area contributed by atoms with Crippen LogP contribution in [-0.4, -0.2) is 24.0 Å². The van der Waals surface area contributed by atoms with E-state index in [1.165, 1.54) is 12.1 Å². The molecule has 0 unspecified atom stereocenters. The summed E-state index contributed by atoms with van der Waals surface area (Å²) in [4.78, 5) is 8.32. The molecule has 0 spiro atoms. The number of nitrogens with one attached hydrogen (secondary N) is 2. The summed E-state index contributed by atoms with van der Waals surface area (Å²) in [7, 11) is 1.73. The van der Waals surface area contributed by atoms with E-state index in [0.717, 1.165) is 11.5 Å². The Morgan fingerprint density at radius 2 is 2.00 bits per heavy atom. The predicted octanol–water partition coefficient (Wildman–Crippen LogP) is 3.09. The summed E-state index contributed by atoms with van der Waals surface area (Å²) in [5.41, 5.74) is 1.00. The first kappa shape index (κ1) is 16.7. The number of aromatic nitrogens is 1. The van der Waals surface area contributed by atoms with Gasteiger partial charge in [-0.15, -0.1) is 0 Å². The van der Waals surface area contributed by atoms with Gasteiger partial charge in [0.05, 0.1) is 0 Å². The van der Waals surface area contributed by atoms with Crippen LogP contribution in [0.4, 0.5) is 4.39 Å². The van der Waals surface area contributed by atoms with E-state index in [1.807, 2.05) is 26.0 Å². The smallest absolute Gasteiger partial charge is 0.219 e. The zero-order chi connectivity index (χ0) is 16.7. The van der Waals surface area contributed by atoms with Gasteiger partial charge in [-0.25, -0.2) is 9.37 Å². The second kappa shape index (κ2) is 8.12. The maximum absolute atomic E-state index is 12.9. The Balaban J connectivity index is 1.98. The Labute approximate surface area is 135 Å². The lowest BCUT2D eigenvalue weighted by molar-refractivity contribution is 0.460. The van der Waals surface area contributed by atoms with Crippen molar-refractivity contribution in [1.29, 1.82) is 0 Å². The van der Waals surface area contributed by atoms with E-state index in [2.05, 4.69) is 20.6 Å². The highest BCUT2D eigenvalue weighted by atomic mass is 19.1. The van der Waals surface area contributed by atoms with Crippen molar-refractivity contribution >= 4 is 5.96 Å². The standard InChI is InChI=1S/C17H21FN4O/c1-12(2)22-17(19-3)21-11-13-8-9-20-16(10-13)23-15-6-4-14(18)5-7-15/h4-10,12H,11H2,1-3H3,(H2,19,21,22). The van der Waals surface area contributed by atoms with Crippen molar-refractivity contribution in [2.24, 2.45) is 4.99 Å². The van der Waals surface area contributed by atoms with Gasteiger partial charge in [0.15, 0.2) is 5.96 Å². The molecule has 2 rings (SSSR count). The molecule has 1 heterocycles. The Bertz CT molecular complexity index is 656. The van der Waals surface area contributed by atoms with Crippen LogP contribution in [0.2, 0.25) is 0 Å². The fraction of sp³-hybridized carbons (Fsp3) is 0.294. The third-order valence-electron chi connectivity index (χ3n) is 2.94. The van der Waals surface area contributed by atoms with E-state index in [-0.39, 0.29) is 5.82 Å². The molecule has 0 amide bonds. The number of rotatable bonds is 5. The van der Waals surface area contributed by atoms with Crippen LogP contribution in [0.1, 0.15) is 19.4 Å². The van der Waals surface area contributed by atoms with E-state index in [0.29, 0.717) is 24.2 Å². The quantitative estimate of drug-likeness (QED) is 0.657. The lowest BCUT2D eigenvalue weighted by Gasteiger charge is -2.14. The molecule has 0 fully saturated rings. The van der Waals surface area contributed by atoms with Crippen molar-refractivity contribution in [2.45, 2.75) is 26.4 Å². The zero-order valence-corrected chi connectivity index (χ0v) is 13.5. The molecule has 2 N–H and O–H groups in total. The topological polar surface area (TPSA) is 58.5 Å². The minimum absolute atomic E-state index is 0.299. The second-order valence-corrected chi connectivity index (χ2v) is 5.28. The summed E-state index contributed by atoms with van der Waals surface area (Å²) >= 11 is 0. The summed E-state index contributed by atoms with van der Waals surface area (Å²) in [5, 5.41) is 6.44. The molecule has 0 bridgehead atoms. The molecule has 5 nitrogen and oxygen atoms in total. The van der Waals surface area contributed by atoms with Crippen molar-refractivity contribution in [1.82, 2.24) is 15.6 Å². The molecule has 23 heavy (non-hydrogen) atoms. The van der Waals surface area contributed by atoms with Gasteiger partial charge in [-0.1, -0.05) is 0 Å². The van der Waals surface area contributed by atoms with E-state index in [4.69, 9.17) is 4.74 Å². The van der Waals surface area contributed by atoms with Gasteiger partial charge in [0.2, 0.25) is 5.88 Å². The molecular weight excluding hydrogens is 295 g/mol. The van der Waals surface area contributed by atoms with Gasteiger partial charge in [0.25, 0.3) is 0 Å². The zero-order valence-electron chi connectivity index (χ0n) is 13.5. The maximum Gasteiger partial charge on any atom is 0.219 e. The van der Waals surface area contributed by atoms with Crippen LogP contribution in [0, 0.1) is 5.82 Å². The number of benzene rings is 1. The summed E-state index contributed by atoms with van der Waals surface area (Å²) < 4.78 is 18.5. The molecule has 0 aliphatic carbocycles. The van der Waals surface area contributed by atoms with Gasteiger partial charge >= 0.3 is 0 Å². The van der Waals surface area contributed by atoms with Gasteiger partial charge < -0.3 is 15.4 Å². The first-order chi connectivity index (χ1) is 11.1. The number of hydrogen-bond acceptors (Lipinski definition) is 3. The number of pyridine rings is 1. The Hall–Kier alpha value is -2.63. The molecule has 122 valence electrons. The summed E-state index contributed by atoms with van der Waals surface area (Å²) in [5.74, 6) is 1.44. The van der Waals surface area contributed by atoms with Crippen LogP contribution in [0.5, 0.6) is 11.6 Å². The van der Waals surface area contributed by atoms with E-state index >= 15 is 0 Å². The normalized spacial score (nSPS) is 11.4. The summed E-state index contributed by atoms with van der Waals surface area (Å²) in [6.07, 6.45) is 1.68. The number of aliphatic imine (C=N–C) groups is 1. The van der Waals surface area contributed by atoms with Crippen molar-refractivity contribution in [3.8, 4) is 11.6 Å². The molecule has 0 saturated heterocycles. The molecule has 0 atom stereocenters. The van der Waals surface area contributed by atoms with Crippen LogP contribution < -0.4 is 15.4 Å². The number of guanidine groups is 1. The SMILES string of the molecule is CN=C(NCc1ccnc(Oc2ccc(F)cc2)c1)NC(C)C. The highest BCUT2D eigenvalue weighted by molar-refractivity contribution is 5.79. The number of nitrogens with zero attached hydrogens (tertiary/aromatic N) is 2. The molecule has 0 saturated carbocycles. The highest BCUT2D eigenvalue weighted by Crippen LogP contribution is 2.20. The minimum atomic E-state index is -0.299. The lowest BCUT2D eigenvalue weighted by atomic mass is 10.2. The molecule has 1 aromatic carbocycles. The lowest BCUT2D eigenvalue weighted by Crippen LogP contribution is -2.40. The van der Waals surface area contributed by atoms with Crippen molar-refractivity contribution < 1.29 is 9.13 Å². The van der Waals surface area contributed by atoms with Gasteiger partial charge in [-0.3, -0.25) is 4.99 Å². The Morgan fingerprint density at radius 3 is 2.65 bits per heavy atom. The van der Waals surface area contributed by atoms with E-state index < -0.39 is 0 Å². The second-order valence-electron chi connectivity index (χ2n) is 5.28. The van der Waals surface area contributed by atoms with Crippen LogP contribution in [0.25, 0.3) is 0 Å². The van der Waals surface area contributed by atoms with Crippen molar-refractivity contribution in [3.63, 3.8) is 0 Å². The third kappa shape index (κ3) is 5.58. The van der Waals surface area contributed by atoms with Crippen LogP contribution in [-0.2, 0) is 6.54 Å². The average molecular weight is 316 g/mol. The van der Waals surface area contributed by atoms with E-state index in [9.17, 15) is 4.39 Å². The van der Waals surface area contributed by atoms with Crippen molar-refractivity contribution in [2.75, 3.05) is 7.05 Å². The molecule has 6 heteroatoms. The van der Waals surface area contributed by atoms with Crippen LogP contribution in [0.3, 0.4) is 0 Å². The number of ether oxygens (including phenoxy) is 1. The van der Waals surface area contributed by atoms with Gasteiger partial charge in [0.1, 0.15) is 11.6 Å². The molecular formula is C17H21FN4O. The predicted molar refractivity (Wildman–Crippen MR) is 89.2 cm³/mol. The largest absolute Gasteiger partial charge is 0.439 e. The fourth-order valence-corrected chi connectivity index (χ4v) is 1.89. The van der Waals surface area contributed by atoms with Crippen LogP contribution >= 0.6 is 0 Å². The Kier molecular flexibility index (Phi) is 5.91. The first-order valence-corrected chi connectivity index (χ1v) is 7.42. The number of halogens is 1. The number of hydrogen-bond donors (Lipinski definition) is 2. The molecule has 1 aromatic heterocycles. The summed E-state index contributed by atoms with van der Waals surface area (Å²) in [6, 6.07) is 9.86. The highest BCUT2D eigenvalue weighted by Gasteiger charge is 2.03. The van der Waals surface area contributed by atoms with Crippen molar-refractivity contribution in [3.05, 3.63) is 54.0 Å². The Morgan fingerprint density at radius 1 is 1.26 bits per heavy atom. The maximum atomic E-state index is 12.9. The molecule has 0 aliphatic heterocycles. The summed E-state index contributed by atoms with van der Waals surface area (Å²) in [6.45, 7) is 4.69. The third-order valence-corrected chi connectivity index (χ3v) is 2.94. The van der Waals surface area contributed by atoms with E-state index in [1.54, 1.807) is 25.4 Å². The first-order valence-electron chi connectivity index (χ1n) is 7.42. The molecule has 2 aromatic rings. The van der Waals surface area contributed by atoms with Gasteiger partial charge in [0, 0.05) is 31.9 Å². The average Bonchev–Trinajstić information content (AvgIpc) is 2.54. The van der Waals surface area contributed by atoms with Crippen LogP contribution in [0.15, 0.2) is 47.6 Å². The molecule has 0 radical (unpaired) electrons. The fourth-order valence-electron chi connectivity index (χ4n) is 1.89. The van der Waals surface area contributed by atoms with Gasteiger partial charge in [-0.05, 0) is 49.7 Å². The monoisotopic (exact) mass is 316 g/mol. The van der Waals surface area contributed by atoms with Gasteiger partial charge in [-0.2, -0.15) is 0 Å². The minimum Gasteiger partial charge on any atom is -0.439 e. The molecule has 0 aliphatic rings.